The van der Waals surface area contributed by atoms with Crippen molar-refractivity contribution in [2.75, 3.05) is 6.61 Å². The van der Waals surface area contributed by atoms with Gasteiger partial charge in [0, 0.05) is 6.42 Å². The molecule has 0 saturated carbocycles. The summed E-state index contributed by atoms with van der Waals surface area (Å²) in [4.78, 5) is 12.0. The van der Waals surface area contributed by atoms with Crippen molar-refractivity contribution in [1.29, 1.82) is 0 Å². The van der Waals surface area contributed by atoms with Crippen LogP contribution in [0.1, 0.15) is 57.9 Å². The summed E-state index contributed by atoms with van der Waals surface area (Å²) in [7, 11) is 0. The third-order valence-corrected chi connectivity index (χ3v) is 3.71. The van der Waals surface area contributed by atoms with Crippen LogP contribution in [0.25, 0.3) is 0 Å². The number of ether oxygens (including phenoxy) is 1. The van der Waals surface area contributed by atoms with E-state index in [1.54, 1.807) is 0 Å². The van der Waals surface area contributed by atoms with Crippen molar-refractivity contribution in [3.05, 3.63) is 35.9 Å². The van der Waals surface area contributed by atoms with E-state index in [2.05, 4.69) is 26.0 Å². The standard InChI is InChI=1S/C18H28O2/c1-3-5-6-10-13-17(4-2)18(19)20-15-14-16-11-8-7-9-12-16/h7-9,11-12,17H,3-6,10,13-15H2,1-2H3. The van der Waals surface area contributed by atoms with Crippen LogP contribution in [-0.2, 0) is 16.0 Å². The first-order chi connectivity index (χ1) is 9.77. The van der Waals surface area contributed by atoms with Gasteiger partial charge in [-0.15, -0.1) is 0 Å². The van der Waals surface area contributed by atoms with Crippen molar-refractivity contribution in [3.63, 3.8) is 0 Å². The molecule has 2 nitrogen and oxygen atoms in total. The van der Waals surface area contributed by atoms with Crippen LogP contribution in [0.15, 0.2) is 30.3 Å². The van der Waals surface area contributed by atoms with Crippen molar-refractivity contribution < 1.29 is 9.53 Å². The van der Waals surface area contributed by atoms with Gasteiger partial charge in [0.25, 0.3) is 0 Å². The van der Waals surface area contributed by atoms with Crippen molar-refractivity contribution in [2.45, 2.75) is 58.8 Å². The number of carbonyl (C=O) groups is 1. The molecule has 0 amide bonds. The third kappa shape index (κ3) is 6.74. The summed E-state index contributed by atoms with van der Waals surface area (Å²) in [5, 5.41) is 0. The molecule has 0 heterocycles. The fourth-order valence-corrected chi connectivity index (χ4v) is 2.34. The zero-order valence-corrected chi connectivity index (χ0v) is 12.9. The second kappa shape index (κ2) is 10.5. The quantitative estimate of drug-likeness (QED) is 0.454. The van der Waals surface area contributed by atoms with Crippen LogP contribution < -0.4 is 0 Å². The van der Waals surface area contributed by atoms with Gasteiger partial charge in [0.2, 0.25) is 0 Å². The Kier molecular flexibility index (Phi) is 8.77. The van der Waals surface area contributed by atoms with Crippen LogP contribution in [0.4, 0.5) is 0 Å². The normalized spacial score (nSPS) is 12.1. The molecule has 20 heavy (non-hydrogen) atoms. The average Bonchev–Trinajstić information content (AvgIpc) is 2.48. The van der Waals surface area contributed by atoms with E-state index in [1.807, 2.05) is 18.2 Å². The SMILES string of the molecule is CCCCCCC(CC)C(=O)OCCc1ccccc1. The van der Waals surface area contributed by atoms with E-state index >= 15 is 0 Å². The molecule has 0 aliphatic rings. The topological polar surface area (TPSA) is 26.3 Å². The Labute approximate surface area is 123 Å². The Hall–Kier alpha value is -1.31. The van der Waals surface area contributed by atoms with Crippen LogP contribution in [0.3, 0.4) is 0 Å². The fraction of sp³-hybridized carbons (Fsp3) is 0.611. The van der Waals surface area contributed by atoms with E-state index in [-0.39, 0.29) is 11.9 Å². The van der Waals surface area contributed by atoms with Gasteiger partial charge in [-0.25, -0.2) is 0 Å². The monoisotopic (exact) mass is 276 g/mol. The van der Waals surface area contributed by atoms with E-state index < -0.39 is 0 Å². The Morgan fingerprint density at radius 3 is 2.50 bits per heavy atom. The highest BCUT2D eigenvalue weighted by molar-refractivity contribution is 5.72. The molecule has 112 valence electrons. The van der Waals surface area contributed by atoms with E-state index in [0.29, 0.717) is 6.61 Å². The summed E-state index contributed by atoms with van der Waals surface area (Å²) < 4.78 is 5.42. The van der Waals surface area contributed by atoms with E-state index in [1.165, 1.54) is 24.8 Å². The van der Waals surface area contributed by atoms with Crippen LogP contribution in [0, 0.1) is 5.92 Å². The van der Waals surface area contributed by atoms with Gasteiger partial charge in [0.15, 0.2) is 0 Å². The van der Waals surface area contributed by atoms with Crippen molar-refractivity contribution in [2.24, 2.45) is 5.92 Å². The molecule has 1 aromatic carbocycles. The molecule has 1 unspecified atom stereocenters. The molecule has 0 aliphatic carbocycles. The zero-order chi connectivity index (χ0) is 14.6. The van der Waals surface area contributed by atoms with Gasteiger partial charge < -0.3 is 4.74 Å². The highest BCUT2D eigenvalue weighted by Gasteiger charge is 2.17. The summed E-state index contributed by atoms with van der Waals surface area (Å²) in [6, 6.07) is 10.2. The predicted molar refractivity (Wildman–Crippen MR) is 83.6 cm³/mol. The van der Waals surface area contributed by atoms with Gasteiger partial charge in [0.05, 0.1) is 12.5 Å². The lowest BCUT2D eigenvalue weighted by atomic mass is 9.98. The predicted octanol–water partition coefficient (Wildman–Crippen LogP) is 4.77. The Balaban J connectivity index is 2.21. The van der Waals surface area contributed by atoms with Gasteiger partial charge in [-0.05, 0) is 18.4 Å². The number of unbranched alkanes of at least 4 members (excludes halogenated alkanes) is 3. The molecular weight excluding hydrogens is 248 g/mol. The maximum atomic E-state index is 12.0. The summed E-state index contributed by atoms with van der Waals surface area (Å²) in [5.41, 5.74) is 1.22. The van der Waals surface area contributed by atoms with Crippen molar-refractivity contribution in [3.8, 4) is 0 Å². The van der Waals surface area contributed by atoms with Crippen molar-refractivity contribution in [1.82, 2.24) is 0 Å². The second-order valence-corrected chi connectivity index (χ2v) is 5.36. The first kappa shape index (κ1) is 16.7. The molecule has 1 aromatic rings. The molecule has 1 rings (SSSR count). The van der Waals surface area contributed by atoms with E-state index in [4.69, 9.17) is 4.74 Å². The average molecular weight is 276 g/mol. The van der Waals surface area contributed by atoms with Crippen LogP contribution in [0.5, 0.6) is 0 Å². The summed E-state index contributed by atoms with van der Waals surface area (Å²) in [6.07, 6.45) is 7.53. The fourth-order valence-electron chi connectivity index (χ4n) is 2.34. The molecule has 0 bridgehead atoms. The lowest BCUT2D eigenvalue weighted by Gasteiger charge is -2.14. The zero-order valence-electron chi connectivity index (χ0n) is 12.9. The van der Waals surface area contributed by atoms with Gasteiger partial charge in [0.1, 0.15) is 0 Å². The molecular formula is C18H28O2. The molecule has 0 aromatic heterocycles. The summed E-state index contributed by atoms with van der Waals surface area (Å²) in [6.45, 7) is 4.77. The van der Waals surface area contributed by atoms with Crippen LogP contribution >= 0.6 is 0 Å². The molecule has 0 N–H and O–H groups in total. The smallest absolute Gasteiger partial charge is 0.308 e. The Morgan fingerprint density at radius 2 is 1.85 bits per heavy atom. The number of carbonyl (C=O) groups excluding carboxylic acids is 1. The number of hydrogen-bond donors (Lipinski definition) is 0. The molecule has 0 spiro atoms. The first-order valence-electron chi connectivity index (χ1n) is 7.98. The minimum atomic E-state index is -0.0140. The lowest BCUT2D eigenvalue weighted by Crippen LogP contribution is -2.18. The van der Waals surface area contributed by atoms with Crippen LogP contribution in [-0.4, -0.2) is 12.6 Å². The molecule has 0 radical (unpaired) electrons. The van der Waals surface area contributed by atoms with E-state index in [0.717, 1.165) is 25.7 Å². The highest BCUT2D eigenvalue weighted by Crippen LogP contribution is 2.16. The number of hydrogen-bond acceptors (Lipinski definition) is 2. The third-order valence-electron chi connectivity index (χ3n) is 3.71. The molecule has 0 aliphatic heterocycles. The minimum absolute atomic E-state index is 0.0140. The number of esters is 1. The maximum absolute atomic E-state index is 12.0. The van der Waals surface area contributed by atoms with Crippen LogP contribution in [0.2, 0.25) is 0 Å². The number of benzene rings is 1. The summed E-state index contributed by atoms with van der Waals surface area (Å²) in [5.74, 6) is 0.0718. The van der Waals surface area contributed by atoms with Crippen molar-refractivity contribution >= 4 is 5.97 Å². The lowest BCUT2D eigenvalue weighted by molar-refractivity contribution is -0.148. The molecule has 0 saturated heterocycles. The molecule has 0 fully saturated rings. The van der Waals surface area contributed by atoms with Gasteiger partial charge in [-0.1, -0.05) is 69.9 Å². The minimum Gasteiger partial charge on any atom is -0.465 e. The van der Waals surface area contributed by atoms with Gasteiger partial charge in [-0.2, -0.15) is 0 Å². The van der Waals surface area contributed by atoms with E-state index in [9.17, 15) is 4.79 Å². The summed E-state index contributed by atoms with van der Waals surface area (Å²) >= 11 is 0. The molecule has 1 atom stereocenters. The Morgan fingerprint density at radius 1 is 1.10 bits per heavy atom. The maximum Gasteiger partial charge on any atom is 0.308 e. The number of rotatable bonds is 10. The van der Waals surface area contributed by atoms with Gasteiger partial charge in [-0.3, -0.25) is 4.79 Å². The Bertz CT molecular complexity index is 359. The first-order valence-corrected chi connectivity index (χ1v) is 7.98. The second-order valence-electron chi connectivity index (χ2n) is 5.36. The van der Waals surface area contributed by atoms with Gasteiger partial charge >= 0.3 is 5.97 Å². The molecule has 2 heteroatoms. The largest absolute Gasteiger partial charge is 0.465 e. The highest BCUT2D eigenvalue weighted by atomic mass is 16.5.